The quantitative estimate of drug-likeness (QED) is 0.742. The van der Waals surface area contributed by atoms with Crippen molar-refractivity contribution < 1.29 is 29.0 Å². The van der Waals surface area contributed by atoms with Gasteiger partial charge in [0.2, 0.25) is 0 Å². The first kappa shape index (κ1) is 15.3. The van der Waals surface area contributed by atoms with E-state index in [2.05, 4.69) is 10.6 Å². The normalized spacial score (nSPS) is 26.0. The number of carboxylic acids is 1. The molecule has 0 saturated carbocycles. The molecule has 0 radical (unpaired) electrons. The van der Waals surface area contributed by atoms with Crippen LogP contribution in [-0.2, 0) is 14.3 Å². The molecule has 0 spiro atoms. The van der Waals surface area contributed by atoms with Crippen molar-refractivity contribution in [1.82, 2.24) is 5.32 Å². The van der Waals surface area contributed by atoms with Crippen molar-refractivity contribution in [2.75, 3.05) is 18.5 Å². The number of hydrogen-bond donors (Lipinski definition) is 3. The van der Waals surface area contributed by atoms with E-state index in [0.717, 1.165) is 0 Å². The van der Waals surface area contributed by atoms with Crippen LogP contribution in [0, 0.1) is 0 Å². The Morgan fingerprint density at radius 3 is 2.87 bits per heavy atom. The molecular weight excluding hydrogens is 304 g/mol. The van der Waals surface area contributed by atoms with Crippen LogP contribution in [0.5, 0.6) is 5.75 Å². The number of aliphatic carboxylic acids is 1. The van der Waals surface area contributed by atoms with Crippen molar-refractivity contribution in [2.45, 2.75) is 25.0 Å². The van der Waals surface area contributed by atoms with Crippen molar-refractivity contribution in [3.8, 4) is 5.75 Å². The summed E-state index contributed by atoms with van der Waals surface area (Å²) in [7, 11) is 0. The largest absolute Gasteiger partial charge is 0.479 e. The molecule has 2 atom stereocenters. The van der Waals surface area contributed by atoms with Gasteiger partial charge in [-0.2, -0.15) is 0 Å². The highest BCUT2D eigenvalue weighted by Gasteiger charge is 2.44. The van der Waals surface area contributed by atoms with Crippen LogP contribution in [0.1, 0.15) is 23.7 Å². The van der Waals surface area contributed by atoms with Crippen LogP contribution >= 0.6 is 0 Å². The number of carboxylic acid groups (broad SMARTS) is 1. The highest BCUT2D eigenvalue weighted by Crippen LogP contribution is 2.33. The third-order valence-corrected chi connectivity index (χ3v) is 3.97. The first-order valence-corrected chi connectivity index (χ1v) is 7.17. The summed E-state index contributed by atoms with van der Waals surface area (Å²) >= 11 is 0. The van der Waals surface area contributed by atoms with E-state index in [-0.39, 0.29) is 36.9 Å². The second kappa shape index (κ2) is 5.54. The Hall–Kier alpha value is -2.61. The number of para-hydroxylation sites is 1. The molecule has 3 N–H and O–H groups in total. The Balaban J connectivity index is 1.90. The van der Waals surface area contributed by atoms with Crippen LogP contribution in [-0.4, -0.2) is 47.7 Å². The van der Waals surface area contributed by atoms with Gasteiger partial charge < -0.3 is 25.2 Å². The number of amides is 2. The number of ether oxygens (including phenoxy) is 2. The Morgan fingerprint density at radius 2 is 2.22 bits per heavy atom. The van der Waals surface area contributed by atoms with E-state index in [0.29, 0.717) is 5.69 Å². The predicted molar refractivity (Wildman–Crippen MR) is 78.4 cm³/mol. The number of anilines is 1. The fourth-order valence-corrected chi connectivity index (χ4v) is 2.58. The molecule has 8 nitrogen and oxygen atoms in total. The molecule has 3 rings (SSSR count). The molecule has 23 heavy (non-hydrogen) atoms. The standard InChI is InChI=1S/C15H16N2O6/c1-8-12(18)16-10-4-2-3-9(11(10)23-8)13(19)17-15(14(20)21)5-6-22-7-15/h2-4,8H,5-7H2,1H3,(H,16,18)(H,17,19)(H,20,21). The van der Waals surface area contributed by atoms with Crippen molar-refractivity contribution in [3.63, 3.8) is 0 Å². The van der Waals surface area contributed by atoms with Gasteiger partial charge in [-0.1, -0.05) is 6.07 Å². The minimum atomic E-state index is -1.44. The lowest BCUT2D eigenvalue weighted by atomic mass is 9.98. The van der Waals surface area contributed by atoms with E-state index in [1.807, 2.05) is 0 Å². The molecule has 2 heterocycles. The fraction of sp³-hybridized carbons (Fsp3) is 0.400. The average Bonchev–Trinajstić information content (AvgIpc) is 2.97. The van der Waals surface area contributed by atoms with Crippen LogP contribution in [0.2, 0.25) is 0 Å². The summed E-state index contributed by atoms with van der Waals surface area (Å²) in [6.07, 6.45) is -0.545. The molecule has 2 amide bonds. The first-order chi connectivity index (χ1) is 10.9. The Bertz CT molecular complexity index is 681. The van der Waals surface area contributed by atoms with Gasteiger partial charge in [0.1, 0.15) is 0 Å². The summed E-state index contributed by atoms with van der Waals surface area (Å²) < 4.78 is 10.6. The molecule has 0 aromatic heterocycles. The average molecular weight is 320 g/mol. The maximum absolute atomic E-state index is 12.5. The first-order valence-electron chi connectivity index (χ1n) is 7.17. The smallest absolute Gasteiger partial charge is 0.331 e. The number of rotatable bonds is 3. The van der Waals surface area contributed by atoms with E-state index in [1.165, 1.54) is 6.07 Å². The third-order valence-electron chi connectivity index (χ3n) is 3.97. The van der Waals surface area contributed by atoms with E-state index in [9.17, 15) is 19.5 Å². The van der Waals surface area contributed by atoms with Crippen LogP contribution in [0.3, 0.4) is 0 Å². The number of carbonyl (C=O) groups is 3. The monoisotopic (exact) mass is 320 g/mol. The summed E-state index contributed by atoms with van der Waals surface area (Å²) in [6.45, 7) is 1.75. The van der Waals surface area contributed by atoms with Crippen LogP contribution < -0.4 is 15.4 Å². The summed E-state index contributed by atoms with van der Waals surface area (Å²) in [5, 5.41) is 14.6. The van der Waals surface area contributed by atoms with Gasteiger partial charge in [0, 0.05) is 13.0 Å². The Morgan fingerprint density at radius 1 is 1.43 bits per heavy atom. The lowest BCUT2D eigenvalue weighted by Crippen LogP contribution is -2.55. The second-order valence-electron chi connectivity index (χ2n) is 5.58. The van der Waals surface area contributed by atoms with Crippen LogP contribution in [0.25, 0.3) is 0 Å². The fourth-order valence-electron chi connectivity index (χ4n) is 2.58. The lowest BCUT2D eigenvalue weighted by Gasteiger charge is -2.27. The summed E-state index contributed by atoms with van der Waals surface area (Å²) in [5.41, 5.74) is -0.891. The highest BCUT2D eigenvalue weighted by atomic mass is 16.5. The summed E-state index contributed by atoms with van der Waals surface area (Å²) in [5.74, 6) is -1.80. The van der Waals surface area contributed by atoms with E-state index >= 15 is 0 Å². The Labute approximate surface area is 131 Å². The van der Waals surface area contributed by atoms with Gasteiger partial charge in [-0.25, -0.2) is 4.79 Å². The molecule has 1 fully saturated rings. The molecule has 8 heteroatoms. The van der Waals surface area contributed by atoms with E-state index in [1.54, 1.807) is 19.1 Å². The molecule has 1 aromatic carbocycles. The second-order valence-corrected chi connectivity index (χ2v) is 5.58. The van der Waals surface area contributed by atoms with Gasteiger partial charge in [0.05, 0.1) is 17.9 Å². The van der Waals surface area contributed by atoms with E-state index < -0.39 is 23.5 Å². The third kappa shape index (κ3) is 2.61. The van der Waals surface area contributed by atoms with Crippen molar-refractivity contribution in [2.24, 2.45) is 0 Å². The van der Waals surface area contributed by atoms with Crippen molar-refractivity contribution >= 4 is 23.5 Å². The predicted octanol–water partition coefficient (Wildman–Crippen LogP) is 0.379. The minimum absolute atomic E-state index is 0.0862. The summed E-state index contributed by atoms with van der Waals surface area (Å²) in [4.78, 5) is 35.7. The van der Waals surface area contributed by atoms with Gasteiger partial charge >= 0.3 is 5.97 Å². The molecule has 2 aliphatic heterocycles. The zero-order valence-corrected chi connectivity index (χ0v) is 12.4. The topological polar surface area (TPSA) is 114 Å². The molecule has 122 valence electrons. The Kier molecular flexibility index (Phi) is 3.69. The molecule has 1 saturated heterocycles. The van der Waals surface area contributed by atoms with Gasteiger partial charge in [-0.15, -0.1) is 0 Å². The lowest BCUT2D eigenvalue weighted by molar-refractivity contribution is -0.144. The molecule has 0 bridgehead atoms. The van der Waals surface area contributed by atoms with Gasteiger partial charge in [0.25, 0.3) is 11.8 Å². The summed E-state index contributed by atoms with van der Waals surface area (Å²) in [6, 6.07) is 4.72. The van der Waals surface area contributed by atoms with Gasteiger partial charge in [-0.3, -0.25) is 9.59 Å². The molecule has 2 aliphatic rings. The molecule has 1 aromatic rings. The SMILES string of the molecule is CC1Oc2c(cccc2C(=O)NC2(C(=O)O)CCOC2)NC1=O. The van der Waals surface area contributed by atoms with Crippen molar-refractivity contribution in [1.29, 1.82) is 0 Å². The van der Waals surface area contributed by atoms with E-state index in [4.69, 9.17) is 9.47 Å². The number of carbonyl (C=O) groups excluding carboxylic acids is 2. The maximum Gasteiger partial charge on any atom is 0.331 e. The molecule has 2 unspecified atom stereocenters. The number of fused-ring (bicyclic) bond motifs is 1. The zero-order chi connectivity index (χ0) is 16.6. The van der Waals surface area contributed by atoms with Crippen LogP contribution in [0.15, 0.2) is 18.2 Å². The molecular formula is C15H16N2O6. The highest BCUT2D eigenvalue weighted by molar-refractivity contribution is 6.05. The minimum Gasteiger partial charge on any atom is -0.479 e. The number of benzene rings is 1. The molecule has 0 aliphatic carbocycles. The maximum atomic E-state index is 12.5. The van der Waals surface area contributed by atoms with Gasteiger partial charge in [0.15, 0.2) is 17.4 Å². The number of hydrogen-bond acceptors (Lipinski definition) is 5. The zero-order valence-electron chi connectivity index (χ0n) is 12.4. The number of nitrogens with one attached hydrogen (secondary N) is 2. The van der Waals surface area contributed by atoms with Gasteiger partial charge in [-0.05, 0) is 19.1 Å². The van der Waals surface area contributed by atoms with Crippen LogP contribution in [0.4, 0.5) is 5.69 Å². The van der Waals surface area contributed by atoms with Crippen molar-refractivity contribution in [3.05, 3.63) is 23.8 Å².